The Morgan fingerprint density at radius 2 is 1.89 bits per heavy atom. The first-order valence-corrected chi connectivity index (χ1v) is 7.10. The molecule has 2 atom stereocenters. The van der Waals surface area contributed by atoms with Gasteiger partial charge < -0.3 is 4.74 Å². The fourth-order valence-electron chi connectivity index (χ4n) is 3.91. The molecule has 0 saturated carbocycles. The number of fused-ring (bicyclic) bond motifs is 1. The van der Waals surface area contributed by atoms with E-state index in [1.807, 2.05) is 6.92 Å². The van der Waals surface area contributed by atoms with Crippen molar-refractivity contribution in [1.82, 2.24) is 0 Å². The van der Waals surface area contributed by atoms with Crippen LogP contribution in [0.15, 0.2) is 23.0 Å². The van der Waals surface area contributed by atoms with Gasteiger partial charge in [-0.3, -0.25) is 9.59 Å². The van der Waals surface area contributed by atoms with Crippen LogP contribution >= 0.6 is 0 Å². The second kappa shape index (κ2) is 4.32. The van der Waals surface area contributed by atoms with Gasteiger partial charge in [0.2, 0.25) is 5.78 Å². The molecular weight excluding hydrogens is 240 g/mol. The quantitative estimate of drug-likeness (QED) is 0.681. The Hall–Kier alpha value is -1.38. The minimum atomic E-state index is -0.576. The highest BCUT2D eigenvalue weighted by Crippen LogP contribution is 2.51. The Morgan fingerprint density at radius 3 is 2.58 bits per heavy atom. The Morgan fingerprint density at radius 1 is 1.21 bits per heavy atom. The predicted molar refractivity (Wildman–Crippen MR) is 71.4 cm³/mol. The number of Topliss-reactive ketones (excluding diaryl/α,β-unsaturated/α-hetero) is 1. The van der Waals surface area contributed by atoms with Crippen LogP contribution in [0.4, 0.5) is 0 Å². The number of carbonyl (C=O) groups excluding carboxylic acids is 2. The topological polar surface area (TPSA) is 43.4 Å². The van der Waals surface area contributed by atoms with E-state index in [-0.39, 0.29) is 23.2 Å². The molecule has 3 aliphatic rings. The fraction of sp³-hybridized carbons (Fsp3) is 0.625. The van der Waals surface area contributed by atoms with Gasteiger partial charge in [0, 0.05) is 17.4 Å². The molecule has 19 heavy (non-hydrogen) atoms. The average Bonchev–Trinajstić information content (AvgIpc) is 2.41. The van der Waals surface area contributed by atoms with E-state index in [0.717, 1.165) is 25.7 Å². The number of ether oxygens (including phenoxy) is 1. The molecule has 3 nitrogen and oxygen atoms in total. The Bertz CT molecular complexity index is 512. The third kappa shape index (κ3) is 1.78. The lowest BCUT2D eigenvalue weighted by Gasteiger charge is -2.44. The monoisotopic (exact) mass is 260 g/mol. The summed E-state index contributed by atoms with van der Waals surface area (Å²) in [6.45, 7) is 1.95. The Balaban J connectivity index is 2.02. The maximum absolute atomic E-state index is 12.6. The van der Waals surface area contributed by atoms with Crippen LogP contribution in [0.1, 0.15) is 45.4 Å². The van der Waals surface area contributed by atoms with Gasteiger partial charge in [0.1, 0.15) is 0 Å². The summed E-state index contributed by atoms with van der Waals surface area (Å²) in [6, 6.07) is 0. The third-order valence-corrected chi connectivity index (χ3v) is 5.09. The van der Waals surface area contributed by atoms with Crippen molar-refractivity contribution in [1.29, 1.82) is 0 Å². The molecule has 0 amide bonds. The van der Waals surface area contributed by atoms with E-state index in [0.29, 0.717) is 0 Å². The SMILES string of the molecule is COC1=CC(=O)C2CC3=C(CCCC3)CC2(C)C1=O. The van der Waals surface area contributed by atoms with E-state index < -0.39 is 5.41 Å². The Labute approximate surface area is 113 Å². The van der Waals surface area contributed by atoms with E-state index >= 15 is 0 Å². The number of ketones is 2. The molecule has 0 aliphatic heterocycles. The first-order chi connectivity index (χ1) is 9.06. The van der Waals surface area contributed by atoms with E-state index in [4.69, 9.17) is 4.74 Å². The van der Waals surface area contributed by atoms with Gasteiger partial charge in [0.15, 0.2) is 11.5 Å². The summed E-state index contributed by atoms with van der Waals surface area (Å²) in [7, 11) is 1.47. The number of rotatable bonds is 1. The molecule has 0 saturated heterocycles. The Kier molecular flexibility index (Phi) is 2.88. The summed E-state index contributed by atoms with van der Waals surface area (Å²) < 4.78 is 5.10. The van der Waals surface area contributed by atoms with Crippen LogP contribution in [0.2, 0.25) is 0 Å². The van der Waals surface area contributed by atoms with Crippen LogP contribution in [0.25, 0.3) is 0 Å². The molecule has 0 aromatic heterocycles. The minimum Gasteiger partial charge on any atom is -0.493 e. The summed E-state index contributed by atoms with van der Waals surface area (Å²) in [5, 5.41) is 0. The molecule has 0 aromatic rings. The van der Waals surface area contributed by atoms with Crippen LogP contribution < -0.4 is 0 Å². The zero-order valence-corrected chi connectivity index (χ0v) is 11.6. The van der Waals surface area contributed by atoms with Crippen LogP contribution in [0.5, 0.6) is 0 Å². The molecule has 3 aliphatic carbocycles. The molecule has 102 valence electrons. The van der Waals surface area contributed by atoms with Gasteiger partial charge in [-0.1, -0.05) is 18.1 Å². The number of methoxy groups -OCH3 is 1. The molecule has 0 bridgehead atoms. The highest BCUT2D eigenvalue weighted by atomic mass is 16.5. The van der Waals surface area contributed by atoms with E-state index in [2.05, 4.69) is 0 Å². The van der Waals surface area contributed by atoms with Crippen LogP contribution in [-0.2, 0) is 14.3 Å². The average molecular weight is 260 g/mol. The second-order valence-corrected chi connectivity index (χ2v) is 6.21. The van der Waals surface area contributed by atoms with Crippen molar-refractivity contribution >= 4 is 11.6 Å². The van der Waals surface area contributed by atoms with Crippen LogP contribution in [-0.4, -0.2) is 18.7 Å². The molecule has 0 spiro atoms. The van der Waals surface area contributed by atoms with Gasteiger partial charge in [-0.05, 0) is 38.5 Å². The van der Waals surface area contributed by atoms with Crippen LogP contribution in [0, 0.1) is 11.3 Å². The predicted octanol–water partition coefficient (Wildman–Crippen LogP) is 2.96. The molecule has 0 N–H and O–H groups in total. The molecule has 3 rings (SSSR count). The van der Waals surface area contributed by atoms with Crippen molar-refractivity contribution in [2.45, 2.75) is 45.4 Å². The standard InChI is InChI=1S/C16H20O3/c1-16-9-11-6-4-3-5-10(11)7-12(16)13(17)8-14(19-2)15(16)18/h8,12H,3-7,9H2,1-2H3. The van der Waals surface area contributed by atoms with Gasteiger partial charge in [0.25, 0.3) is 0 Å². The molecule has 0 heterocycles. The minimum absolute atomic E-state index is 0.0109. The summed E-state index contributed by atoms with van der Waals surface area (Å²) >= 11 is 0. The van der Waals surface area contributed by atoms with Gasteiger partial charge in [-0.25, -0.2) is 0 Å². The number of hydrogen-bond donors (Lipinski definition) is 0. The lowest BCUT2D eigenvalue weighted by molar-refractivity contribution is -0.139. The molecule has 2 unspecified atom stereocenters. The van der Waals surface area contributed by atoms with Crippen molar-refractivity contribution in [2.24, 2.45) is 11.3 Å². The van der Waals surface area contributed by atoms with E-state index in [9.17, 15) is 9.59 Å². The normalized spacial score (nSPS) is 34.6. The number of carbonyl (C=O) groups is 2. The highest BCUT2D eigenvalue weighted by molar-refractivity contribution is 6.11. The van der Waals surface area contributed by atoms with Crippen molar-refractivity contribution in [3.05, 3.63) is 23.0 Å². The lowest BCUT2D eigenvalue weighted by Crippen LogP contribution is -2.47. The van der Waals surface area contributed by atoms with Crippen molar-refractivity contribution < 1.29 is 14.3 Å². The van der Waals surface area contributed by atoms with Gasteiger partial charge in [-0.15, -0.1) is 0 Å². The molecular formula is C16H20O3. The molecule has 0 radical (unpaired) electrons. The smallest absolute Gasteiger partial charge is 0.204 e. The van der Waals surface area contributed by atoms with Gasteiger partial charge in [0.05, 0.1) is 7.11 Å². The van der Waals surface area contributed by atoms with Crippen molar-refractivity contribution in [2.75, 3.05) is 7.11 Å². The molecule has 0 fully saturated rings. The summed E-state index contributed by atoms with van der Waals surface area (Å²) in [5.74, 6) is 0.146. The van der Waals surface area contributed by atoms with E-state index in [1.165, 1.54) is 37.2 Å². The second-order valence-electron chi connectivity index (χ2n) is 6.21. The third-order valence-electron chi connectivity index (χ3n) is 5.09. The molecule has 3 heteroatoms. The van der Waals surface area contributed by atoms with Crippen molar-refractivity contribution in [3.63, 3.8) is 0 Å². The first-order valence-electron chi connectivity index (χ1n) is 7.10. The highest BCUT2D eigenvalue weighted by Gasteiger charge is 2.52. The van der Waals surface area contributed by atoms with Crippen molar-refractivity contribution in [3.8, 4) is 0 Å². The number of allylic oxidation sites excluding steroid dienone is 4. The maximum Gasteiger partial charge on any atom is 0.204 e. The lowest BCUT2D eigenvalue weighted by atomic mass is 9.58. The number of hydrogen-bond acceptors (Lipinski definition) is 3. The van der Waals surface area contributed by atoms with Crippen LogP contribution in [0.3, 0.4) is 0 Å². The van der Waals surface area contributed by atoms with E-state index in [1.54, 1.807) is 0 Å². The summed E-state index contributed by atoms with van der Waals surface area (Å²) in [4.78, 5) is 24.9. The summed E-state index contributed by atoms with van der Waals surface area (Å²) in [6.07, 6.45) is 7.60. The fourth-order valence-corrected chi connectivity index (χ4v) is 3.91. The zero-order valence-electron chi connectivity index (χ0n) is 11.6. The zero-order chi connectivity index (χ0) is 13.6. The van der Waals surface area contributed by atoms with Gasteiger partial charge in [-0.2, -0.15) is 0 Å². The summed E-state index contributed by atoms with van der Waals surface area (Å²) in [5.41, 5.74) is 2.31. The largest absolute Gasteiger partial charge is 0.493 e. The molecule has 0 aromatic carbocycles. The van der Waals surface area contributed by atoms with Gasteiger partial charge >= 0.3 is 0 Å². The first kappa shape index (κ1) is 12.6. The maximum atomic E-state index is 12.6.